The van der Waals surface area contributed by atoms with Gasteiger partial charge in [-0.1, -0.05) is 0 Å². The number of likely N-dealkylation sites (tertiary alicyclic amines) is 1. The van der Waals surface area contributed by atoms with E-state index < -0.39 is 0 Å². The molecule has 0 saturated carbocycles. The number of nitrogens with one attached hydrogen (secondary N) is 1. The topological polar surface area (TPSA) is 80.2 Å². The lowest BCUT2D eigenvalue weighted by molar-refractivity contribution is 0.0903. The molecule has 132 valence electrons. The van der Waals surface area contributed by atoms with Crippen molar-refractivity contribution in [3.63, 3.8) is 0 Å². The van der Waals surface area contributed by atoms with E-state index in [9.17, 15) is 4.79 Å². The Balaban J connectivity index is 1.30. The van der Waals surface area contributed by atoms with E-state index in [0.29, 0.717) is 30.6 Å². The summed E-state index contributed by atoms with van der Waals surface area (Å²) in [6.07, 6.45) is 3.28. The molecule has 1 N–H and O–H groups in total. The predicted octanol–water partition coefficient (Wildman–Crippen LogP) is 1.12. The molecule has 4 heterocycles. The molecule has 2 aliphatic heterocycles. The van der Waals surface area contributed by atoms with Gasteiger partial charge in [-0.2, -0.15) is 10.2 Å². The highest BCUT2D eigenvalue weighted by Gasteiger charge is 2.43. The van der Waals surface area contributed by atoms with Gasteiger partial charge < -0.3 is 10.1 Å². The van der Waals surface area contributed by atoms with E-state index in [4.69, 9.17) is 4.74 Å². The summed E-state index contributed by atoms with van der Waals surface area (Å²) in [5, 5.41) is 13.7. The Morgan fingerprint density at radius 1 is 1.44 bits per heavy atom. The molecule has 4 rings (SSSR count). The van der Waals surface area contributed by atoms with Crippen molar-refractivity contribution in [3.8, 4) is 0 Å². The number of hydrogen-bond donors (Lipinski definition) is 1. The third kappa shape index (κ3) is 3.70. The van der Waals surface area contributed by atoms with Gasteiger partial charge >= 0.3 is 0 Å². The molecule has 2 aliphatic rings. The number of thiazole rings is 1. The van der Waals surface area contributed by atoms with Crippen LogP contribution in [0.4, 0.5) is 0 Å². The summed E-state index contributed by atoms with van der Waals surface area (Å²) >= 11 is 1.72. The third-order valence-electron chi connectivity index (χ3n) is 4.91. The molecule has 0 bridgehead atoms. The van der Waals surface area contributed by atoms with Crippen molar-refractivity contribution in [1.29, 1.82) is 0 Å². The molecule has 0 unspecified atom stereocenters. The number of nitrogens with zero attached hydrogens (tertiary/aromatic N) is 4. The number of amides is 1. The number of carbonyl (C=O) groups is 1. The highest BCUT2D eigenvalue weighted by molar-refractivity contribution is 7.09. The Morgan fingerprint density at radius 3 is 3.12 bits per heavy atom. The first-order chi connectivity index (χ1) is 12.2. The van der Waals surface area contributed by atoms with E-state index >= 15 is 0 Å². The van der Waals surface area contributed by atoms with Crippen LogP contribution in [0.25, 0.3) is 0 Å². The van der Waals surface area contributed by atoms with Gasteiger partial charge in [0.15, 0.2) is 0 Å². The van der Waals surface area contributed by atoms with E-state index in [1.165, 1.54) is 12.4 Å². The smallest absolute Gasteiger partial charge is 0.252 e. The number of rotatable bonds is 5. The van der Waals surface area contributed by atoms with E-state index in [0.717, 1.165) is 30.3 Å². The summed E-state index contributed by atoms with van der Waals surface area (Å²) in [5.41, 5.74) is 1.62. The predicted molar refractivity (Wildman–Crippen MR) is 93.2 cm³/mol. The number of aromatic nitrogens is 3. The van der Waals surface area contributed by atoms with Crippen LogP contribution in [0.15, 0.2) is 23.8 Å². The molecule has 0 spiro atoms. The summed E-state index contributed by atoms with van der Waals surface area (Å²) in [6, 6.07) is 1.67. The molecule has 2 aromatic rings. The van der Waals surface area contributed by atoms with Crippen LogP contribution in [-0.2, 0) is 11.3 Å². The van der Waals surface area contributed by atoms with Gasteiger partial charge in [0.05, 0.1) is 37.2 Å². The fourth-order valence-corrected chi connectivity index (χ4v) is 4.45. The second kappa shape index (κ2) is 7.15. The molecule has 25 heavy (non-hydrogen) atoms. The molecule has 8 heteroatoms. The van der Waals surface area contributed by atoms with Crippen LogP contribution in [0.5, 0.6) is 0 Å². The van der Waals surface area contributed by atoms with Crippen molar-refractivity contribution in [3.05, 3.63) is 40.1 Å². The van der Waals surface area contributed by atoms with Gasteiger partial charge in [-0.05, 0) is 13.0 Å². The lowest BCUT2D eigenvalue weighted by Gasteiger charge is -2.19. The minimum atomic E-state index is -0.105. The Bertz CT molecular complexity index is 738. The monoisotopic (exact) mass is 359 g/mol. The van der Waals surface area contributed by atoms with Gasteiger partial charge in [0.1, 0.15) is 5.01 Å². The molecule has 3 atom stereocenters. The Labute approximate surface area is 150 Å². The Morgan fingerprint density at radius 2 is 2.36 bits per heavy atom. The minimum Gasteiger partial charge on any atom is -0.376 e. The lowest BCUT2D eigenvalue weighted by atomic mass is 9.93. The first-order valence-electron chi connectivity index (χ1n) is 8.49. The highest BCUT2D eigenvalue weighted by Crippen LogP contribution is 2.34. The van der Waals surface area contributed by atoms with Gasteiger partial charge in [0, 0.05) is 42.5 Å². The summed E-state index contributed by atoms with van der Waals surface area (Å²) in [5.74, 6) is 0.718. The fourth-order valence-electron chi connectivity index (χ4n) is 3.64. The van der Waals surface area contributed by atoms with Gasteiger partial charge in [0.25, 0.3) is 5.91 Å². The summed E-state index contributed by atoms with van der Waals surface area (Å²) in [7, 11) is 0. The van der Waals surface area contributed by atoms with Crippen molar-refractivity contribution in [2.75, 3.05) is 26.2 Å². The highest BCUT2D eigenvalue weighted by atomic mass is 32.1. The maximum atomic E-state index is 12.2. The largest absolute Gasteiger partial charge is 0.376 e. The average Bonchev–Trinajstić information content (AvgIpc) is 3.30. The maximum Gasteiger partial charge on any atom is 0.252 e. The summed E-state index contributed by atoms with van der Waals surface area (Å²) in [6.45, 7) is 6.21. The lowest BCUT2D eigenvalue weighted by Crippen LogP contribution is -2.34. The molecule has 0 radical (unpaired) electrons. The van der Waals surface area contributed by atoms with Gasteiger partial charge in [-0.25, -0.2) is 4.98 Å². The second-order valence-electron chi connectivity index (χ2n) is 6.71. The van der Waals surface area contributed by atoms with Gasteiger partial charge in [0.2, 0.25) is 0 Å². The molecular weight excluding hydrogens is 338 g/mol. The first kappa shape index (κ1) is 16.6. The Kier molecular flexibility index (Phi) is 4.74. The minimum absolute atomic E-state index is 0.105. The van der Waals surface area contributed by atoms with E-state index in [2.05, 4.69) is 30.8 Å². The van der Waals surface area contributed by atoms with Crippen LogP contribution in [0, 0.1) is 18.8 Å². The van der Waals surface area contributed by atoms with Crippen molar-refractivity contribution in [1.82, 2.24) is 25.4 Å². The van der Waals surface area contributed by atoms with Crippen molar-refractivity contribution >= 4 is 17.2 Å². The number of ether oxygens (including phenoxy) is 1. The van der Waals surface area contributed by atoms with Crippen LogP contribution in [-0.4, -0.2) is 58.3 Å². The van der Waals surface area contributed by atoms with Crippen molar-refractivity contribution < 1.29 is 9.53 Å². The normalized spacial score (nSPS) is 25.9. The number of fused-ring (bicyclic) bond motifs is 1. The summed E-state index contributed by atoms with van der Waals surface area (Å²) < 4.78 is 5.97. The van der Waals surface area contributed by atoms with E-state index in [1.54, 1.807) is 17.4 Å². The first-order valence-corrected chi connectivity index (χ1v) is 9.37. The number of carbonyl (C=O) groups excluding carboxylic acids is 1. The zero-order valence-electron chi connectivity index (χ0n) is 14.1. The van der Waals surface area contributed by atoms with Crippen LogP contribution in [0.2, 0.25) is 0 Å². The van der Waals surface area contributed by atoms with Crippen LogP contribution in [0.3, 0.4) is 0 Å². The molecule has 0 aliphatic carbocycles. The molecule has 7 nitrogen and oxygen atoms in total. The van der Waals surface area contributed by atoms with Crippen molar-refractivity contribution in [2.45, 2.75) is 19.6 Å². The second-order valence-corrected chi connectivity index (χ2v) is 7.66. The molecule has 2 fully saturated rings. The maximum absolute atomic E-state index is 12.2. The van der Waals surface area contributed by atoms with Gasteiger partial charge in [-0.15, -0.1) is 11.3 Å². The number of aryl methyl sites for hydroxylation is 1. The van der Waals surface area contributed by atoms with Gasteiger partial charge in [-0.3, -0.25) is 9.69 Å². The molecule has 2 aromatic heterocycles. The SMILES string of the molecule is Cc1csc(CN2C[C@H]3[C@@H](CNC(=O)c4ccnnc4)CO[C@H]3C2)n1. The van der Waals surface area contributed by atoms with E-state index in [1.807, 2.05) is 6.92 Å². The zero-order chi connectivity index (χ0) is 17.2. The molecule has 0 aromatic carbocycles. The van der Waals surface area contributed by atoms with E-state index in [-0.39, 0.29) is 12.0 Å². The molecular formula is C17H21N5O2S. The van der Waals surface area contributed by atoms with Crippen molar-refractivity contribution in [2.24, 2.45) is 11.8 Å². The average molecular weight is 359 g/mol. The van der Waals surface area contributed by atoms with Crippen LogP contribution < -0.4 is 5.32 Å². The summed E-state index contributed by atoms with van der Waals surface area (Å²) in [4.78, 5) is 19.1. The number of hydrogen-bond acceptors (Lipinski definition) is 7. The fraction of sp³-hybridized carbons (Fsp3) is 0.529. The van der Waals surface area contributed by atoms with Crippen LogP contribution in [0.1, 0.15) is 21.1 Å². The molecule has 2 saturated heterocycles. The quantitative estimate of drug-likeness (QED) is 0.862. The Hall–Kier alpha value is -1.90. The zero-order valence-corrected chi connectivity index (χ0v) is 14.9. The van der Waals surface area contributed by atoms with Crippen LogP contribution >= 0.6 is 11.3 Å². The third-order valence-corrected chi connectivity index (χ3v) is 5.86. The standard InChI is InChI=1S/C17H21N5O2S/c1-11-10-25-16(21-11)8-22-6-14-13(9-24-15(14)7-22)4-18-17(23)12-2-3-19-20-5-12/h2-3,5,10,13-15H,4,6-9H2,1H3,(H,18,23)/t13-,14-,15-/m0/s1. The molecule has 1 amide bonds.